The number of hydrogen-bond acceptors (Lipinski definition) is 6. The predicted molar refractivity (Wildman–Crippen MR) is 112 cm³/mol. The fourth-order valence-corrected chi connectivity index (χ4v) is 4.36. The van der Waals surface area contributed by atoms with Crippen molar-refractivity contribution in [2.24, 2.45) is 0 Å². The van der Waals surface area contributed by atoms with E-state index >= 15 is 0 Å². The van der Waals surface area contributed by atoms with Gasteiger partial charge in [0.1, 0.15) is 0 Å². The number of thiazole rings is 1. The molecule has 152 valence electrons. The van der Waals surface area contributed by atoms with Crippen LogP contribution in [0.2, 0.25) is 0 Å². The van der Waals surface area contributed by atoms with Gasteiger partial charge in [-0.25, -0.2) is 19.2 Å². The van der Waals surface area contributed by atoms with Gasteiger partial charge in [-0.1, -0.05) is 23.5 Å². The number of nitrogens with zero attached hydrogens (tertiary/aromatic N) is 4. The number of aliphatic hydroxyl groups is 1. The minimum Gasteiger partial charge on any atom is -0.396 e. The molecule has 2 aromatic heterocycles. The number of amides is 2. The van der Waals surface area contributed by atoms with Crippen molar-refractivity contribution in [1.82, 2.24) is 14.9 Å². The maximum absolute atomic E-state index is 14.4. The lowest BCUT2D eigenvalue weighted by Gasteiger charge is -2.40. The summed E-state index contributed by atoms with van der Waals surface area (Å²) < 4.78 is 15.5. The van der Waals surface area contributed by atoms with E-state index in [0.717, 1.165) is 10.2 Å². The summed E-state index contributed by atoms with van der Waals surface area (Å²) in [6.45, 7) is 3.32. The number of benzene rings is 1. The van der Waals surface area contributed by atoms with E-state index < -0.39 is 5.82 Å². The Morgan fingerprint density at radius 2 is 2.21 bits per heavy atom. The highest BCUT2D eigenvalue weighted by Gasteiger charge is 2.29. The van der Waals surface area contributed by atoms with Gasteiger partial charge < -0.3 is 14.9 Å². The van der Waals surface area contributed by atoms with Crippen molar-refractivity contribution in [2.45, 2.75) is 19.4 Å². The molecule has 0 spiro atoms. The van der Waals surface area contributed by atoms with Crippen LogP contribution in [0.25, 0.3) is 10.2 Å². The molecule has 29 heavy (non-hydrogen) atoms. The van der Waals surface area contributed by atoms with E-state index in [1.165, 1.54) is 17.4 Å². The fourth-order valence-electron chi connectivity index (χ4n) is 3.51. The molecule has 0 radical (unpaired) electrons. The van der Waals surface area contributed by atoms with Crippen LogP contribution >= 0.6 is 11.3 Å². The Morgan fingerprint density at radius 3 is 2.93 bits per heavy atom. The first-order valence-electron chi connectivity index (χ1n) is 9.48. The zero-order valence-corrected chi connectivity index (χ0v) is 16.8. The Morgan fingerprint density at radius 1 is 1.38 bits per heavy atom. The van der Waals surface area contributed by atoms with Crippen molar-refractivity contribution in [3.8, 4) is 0 Å². The normalized spacial score (nSPS) is 17.0. The second-order valence-corrected chi connectivity index (χ2v) is 8.06. The van der Waals surface area contributed by atoms with Crippen molar-refractivity contribution in [1.29, 1.82) is 0 Å². The van der Waals surface area contributed by atoms with Crippen molar-refractivity contribution < 1.29 is 14.3 Å². The zero-order chi connectivity index (χ0) is 20.4. The molecule has 1 atom stereocenters. The van der Waals surface area contributed by atoms with Crippen LogP contribution in [0.15, 0.2) is 36.5 Å². The van der Waals surface area contributed by atoms with E-state index in [0.29, 0.717) is 36.8 Å². The van der Waals surface area contributed by atoms with E-state index in [1.807, 2.05) is 36.1 Å². The number of rotatable bonds is 4. The lowest BCUT2D eigenvalue weighted by atomic mass is 10.1. The number of carbonyl (C=O) groups excluding carboxylic acids is 1. The third kappa shape index (κ3) is 4.15. The molecule has 7 nitrogen and oxygen atoms in total. The molecule has 0 unspecified atom stereocenters. The molecule has 1 aromatic carbocycles. The summed E-state index contributed by atoms with van der Waals surface area (Å²) in [6.07, 6.45) is 1.96. The molecule has 3 aromatic rings. The summed E-state index contributed by atoms with van der Waals surface area (Å²) in [6, 6.07) is 8.83. The van der Waals surface area contributed by atoms with Gasteiger partial charge in [-0.15, -0.1) is 0 Å². The molecule has 1 aliphatic rings. The molecule has 0 saturated carbocycles. The van der Waals surface area contributed by atoms with E-state index in [9.17, 15) is 9.18 Å². The number of aliphatic hydroxyl groups excluding tert-OH is 1. The van der Waals surface area contributed by atoms with Crippen LogP contribution < -0.4 is 10.2 Å². The van der Waals surface area contributed by atoms with Crippen LogP contribution in [-0.4, -0.2) is 58.3 Å². The highest BCUT2D eigenvalue weighted by molar-refractivity contribution is 7.22. The summed E-state index contributed by atoms with van der Waals surface area (Å²) in [4.78, 5) is 25.0. The van der Waals surface area contributed by atoms with Crippen LogP contribution in [-0.2, 0) is 6.42 Å². The number of piperazine rings is 1. The molecule has 1 aliphatic heterocycles. The summed E-state index contributed by atoms with van der Waals surface area (Å²) in [5.41, 5.74) is 1.52. The Balaban J connectivity index is 1.41. The molecule has 2 amide bonds. The van der Waals surface area contributed by atoms with Crippen molar-refractivity contribution in [3.63, 3.8) is 0 Å². The quantitative estimate of drug-likeness (QED) is 0.684. The van der Waals surface area contributed by atoms with Crippen molar-refractivity contribution >= 4 is 38.5 Å². The van der Waals surface area contributed by atoms with Gasteiger partial charge in [-0.05, 0) is 37.1 Å². The minimum atomic E-state index is -0.407. The summed E-state index contributed by atoms with van der Waals surface area (Å²) in [5.74, 6) is -0.125. The van der Waals surface area contributed by atoms with Gasteiger partial charge in [-0.2, -0.15) is 0 Å². The average molecular weight is 415 g/mol. The predicted octanol–water partition coefficient (Wildman–Crippen LogP) is 3.11. The van der Waals surface area contributed by atoms with Gasteiger partial charge in [0.2, 0.25) is 0 Å². The third-order valence-electron chi connectivity index (χ3n) is 4.97. The minimum absolute atomic E-state index is 0.0417. The summed E-state index contributed by atoms with van der Waals surface area (Å²) >= 11 is 1.44. The topological polar surface area (TPSA) is 81.6 Å². The monoisotopic (exact) mass is 415 g/mol. The number of halogens is 1. The van der Waals surface area contributed by atoms with Crippen molar-refractivity contribution in [2.75, 3.05) is 36.5 Å². The molecule has 9 heteroatoms. The molecule has 2 N–H and O–H groups in total. The maximum Gasteiger partial charge on any atom is 0.324 e. The fraction of sp³-hybridized carbons (Fsp3) is 0.350. The number of fused-ring (bicyclic) bond motifs is 1. The molecule has 1 saturated heterocycles. The second kappa shape index (κ2) is 8.30. The summed E-state index contributed by atoms with van der Waals surface area (Å²) in [7, 11) is 0. The molecule has 1 fully saturated rings. The number of anilines is 2. The molecule has 0 aliphatic carbocycles. The smallest absolute Gasteiger partial charge is 0.324 e. The number of urea groups is 1. The number of hydrogen-bond donors (Lipinski definition) is 2. The molecule has 3 heterocycles. The van der Waals surface area contributed by atoms with E-state index in [4.69, 9.17) is 5.11 Å². The van der Waals surface area contributed by atoms with E-state index in [-0.39, 0.29) is 24.5 Å². The standard InChI is InChI=1S/C20H22FN5O2S/c1-13-12-25(18-15(21)10-14(6-9-27)11-22-18)7-8-26(13)20(28)24-19-23-16-4-2-3-5-17(16)29-19/h2-5,10-11,13,27H,6-9,12H2,1H3,(H,23,24,28)/t13-/m1/s1. The van der Waals surface area contributed by atoms with Crippen LogP contribution in [0.1, 0.15) is 12.5 Å². The van der Waals surface area contributed by atoms with Crippen molar-refractivity contribution in [3.05, 3.63) is 47.9 Å². The number of para-hydroxylation sites is 1. The van der Waals surface area contributed by atoms with Gasteiger partial charge in [0.05, 0.1) is 10.2 Å². The largest absolute Gasteiger partial charge is 0.396 e. The Hall–Kier alpha value is -2.78. The van der Waals surface area contributed by atoms with E-state index in [2.05, 4.69) is 15.3 Å². The highest BCUT2D eigenvalue weighted by atomic mass is 32.1. The van der Waals surface area contributed by atoms with Crippen LogP contribution in [0, 0.1) is 5.82 Å². The lowest BCUT2D eigenvalue weighted by Crippen LogP contribution is -2.55. The third-order valence-corrected chi connectivity index (χ3v) is 5.93. The van der Waals surface area contributed by atoms with Crippen LogP contribution in [0.5, 0.6) is 0 Å². The van der Waals surface area contributed by atoms with Crippen LogP contribution in [0.4, 0.5) is 20.1 Å². The molecule has 0 bridgehead atoms. The SMILES string of the molecule is C[C@@H]1CN(c2ncc(CCO)cc2F)CCN1C(=O)Nc1nc2ccccc2s1. The number of carbonyl (C=O) groups is 1. The van der Waals surface area contributed by atoms with Gasteiger partial charge in [-0.3, -0.25) is 5.32 Å². The van der Waals surface area contributed by atoms with Gasteiger partial charge in [0.25, 0.3) is 0 Å². The first kappa shape index (κ1) is 19.5. The first-order chi connectivity index (χ1) is 14.0. The molecular formula is C20H22FN5O2S. The number of pyridine rings is 1. The van der Waals surface area contributed by atoms with Gasteiger partial charge >= 0.3 is 6.03 Å². The van der Waals surface area contributed by atoms with E-state index in [1.54, 1.807) is 11.1 Å². The Labute approximate surface area is 171 Å². The lowest BCUT2D eigenvalue weighted by molar-refractivity contribution is 0.184. The average Bonchev–Trinajstić information content (AvgIpc) is 3.10. The maximum atomic E-state index is 14.4. The molecule has 4 rings (SSSR count). The van der Waals surface area contributed by atoms with Gasteiger partial charge in [0.15, 0.2) is 16.8 Å². The second-order valence-electron chi connectivity index (χ2n) is 7.03. The van der Waals surface area contributed by atoms with Gasteiger partial charge in [0, 0.05) is 38.5 Å². The molecular weight excluding hydrogens is 393 g/mol. The zero-order valence-electron chi connectivity index (χ0n) is 16.0. The number of nitrogens with one attached hydrogen (secondary N) is 1. The van der Waals surface area contributed by atoms with Crippen LogP contribution in [0.3, 0.4) is 0 Å². The highest BCUT2D eigenvalue weighted by Crippen LogP contribution is 2.26. The Bertz CT molecular complexity index is 994. The first-order valence-corrected chi connectivity index (χ1v) is 10.3. The number of aromatic nitrogens is 2. The Kier molecular flexibility index (Phi) is 5.59. The summed E-state index contributed by atoms with van der Waals surface area (Å²) in [5, 5.41) is 12.4.